The Hall–Kier alpha value is -2.22. The molecule has 0 radical (unpaired) electrons. The maximum absolute atomic E-state index is 11.9. The fourth-order valence-corrected chi connectivity index (χ4v) is 1.30. The van der Waals surface area contributed by atoms with Crippen molar-refractivity contribution in [2.75, 3.05) is 25.5 Å². The Morgan fingerprint density at radius 1 is 1.15 bits per heavy atom. The van der Waals surface area contributed by atoms with Crippen LogP contribution in [0.4, 0.5) is 14.5 Å². The first kappa shape index (κ1) is 15.8. The monoisotopic (exact) mass is 287 g/mol. The predicted octanol–water partition coefficient (Wildman–Crippen LogP) is 0.562. The van der Waals surface area contributed by atoms with Gasteiger partial charge in [0.15, 0.2) is 0 Å². The summed E-state index contributed by atoms with van der Waals surface area (Å²) >= 11 is 0. The van der Waals surface area contributed by atoms with Gasteiger partial charge in [-0.1, -0.05) is 0 Å². The van der Waals surface area contributed by atoms with E-state index in [4.69, 9.17) is 0 Å². The second-order valence-electron chi connectivity index (χ2n) is 3.73. The molecule has 0 aromatic heterocycles. The molecule has 6 nitrogen and oxygen atoms in total. The van der Waals surface area contributed by atoms with Crippen molar-refractivity contribution in [1.29, 1.82) is 0 Å². The van der Waals surface area contributed by atoms with Crippen LogP contribution in [0, 0.1) is 0 Å². The van der Waals surface area contributed by atoms with E-state index in [1.54, 1.807) is 0 Å². The van der Waals surface area contributed by atoms with E-state index < -0.39 is 6.61 Å². The topological polar surface area (TPSA) is 79.5 Å². The first-order valence-electron chi connectivity index (χ1n) is 5.77. The lowest BCUT2D eigenvalue weighted by Crippen LogP contribution is -2.36. The summed E-state index contributed by atoms with van der Waals surface area (Å²) in [6.45, 7) is -2.89. The van der Waals surface area contributed by atoms with Crippen LogP contribution in [0.3, 0.4) is 0 Å². The highest BCUT2D eigenvalue weighted by atomic mass is 19.3. The molecule has 0 saturated heterocycles. The molecule has 0 spiro atoms. The number of nitrogens with one attached hydrogen (secondary N) is 3. The number of rotatable bonds is 7. The molecule has 0 bridgehead atoms. The van der Waals surface area contributed by atoms with Crippen molar-refractivity contribution in [2.45, 2.75) is 6.61 Å². The van der Waals surface area contributed by atoms with Gasteiger partial charge in [0.25, 0.3) is 0 Å². The smallest absolute Gasteiger partial charge is 0.387 e. The van der Waals surface area contributed by atoms with Gasteiger partial charge in [-0.2, -0.15) is 8.78 Å². The third-order valence-corrected chi connectivity index (χ3v) is 2.21. The number of halogens is 2. The maximum Gasteiger partial charge on any atom is 0.387 e. The van der Waals surface area contributed by atoms with Gasteiger partial charge < -0.3 is 15.4 Å². The quantitative estimate of drug-likeness (QED) is 0.685. The lowest BCUT2D eigenvalue weighted by atomic mass is 10.3. The first-order chi connectivity index (χ1) is 9.51. The van der Waals surface area contributed by atoms with E-state index in [9.17, 15) is 18.4 Å². The zero-order valence-electron chi connectivity index (χ0n) is 10.8. The number of ether oxygens (including phenoxy) is 1. The van der Waals surface area contributed by atoms with Gasteiger partial charge in [-0.3, -0.25) is 14.9 Å². The van der Waals surface area contributed by atoms with Crippen LogP contribution in [-0.2, 0) is 9.59 Å². The van der Waals surface area contributed by atoms with Crippen molar-refractivity contribution in [3.05, 3.63) is 24.3 Å². The first-order valence-corrected chi connectivity index (χ1v) is 5.77. The standard InChI is InChI=1S/C12H15F2N3O3/c1-15-10(18)6-16-7-11(19)17-8-2-4-9(5-3-8)20-12(13)14/h2-5,12,16H,6-7H2,1H3,(H,15,18)(H,17,19). The van der Waals surface area contributed by atoms with E-state index >= 15 is 0 Å². The van der Waals surface area contributed by atoms with Crippen LogP contribution in [-0.4, -0.2) is 38.6 Å². The van der Waals surface area contributed by atoms with Crippen LogP contribution in [0.2, 0.25) is 0 Å². The SMILES string of the molecule is CNC(=O)CNCC(=O)Nc1ccc(OC(F)F)cc1. The summed E-state index contributed by atoms with van der Waals surface area (Å²) in [5.41, 5.74) is 0.443. The molecule has 110 valence electrons. The van der Waals surface area contributed by atoms with Crippen LogP contribution >= 0.6 is 0 Å². The van der Waals surface area contributed by atoms with E-state index in [0.717, 1.165) is 0 Å². The van der Waals surface area contributed by atoms with Crippen molar-refractivity contribution in [1.82, 2.24) is 10.6 Å². The molecular weight excluding hydrogens is 272 g/mol. The number of hydrogen-bond acceptors (Lipinski definition) is 4. The Morgan fingerprint density at radius 2 is 1.75 bits per heavy atom. The average molecular weight is 287 g/mol. The van der Waals surface area contributed by atoms with Gasteiger partial charge in [-0.25, -0.2) is 0 Å². The molecular formula is C12H15F2N3O3. The molecule has 1 aromatic carbocycles. The summed E-state index contributed by atoms with van der Waals surface area (Å²) in [5, 5.41) is 7.59. The Bertz CT molecular complexity index is 452. The molecule has 0 aliphatic carbocycles. The Kier molecular flexibility index (Phi) is 6.38. The number of carbonyl (C=O) groups is 2. The minimum absolute atomic E-state index is 0.00995. The molecule has 1 rings (SSSR count). The van der Waals surface area contributed by atoms with Gasteiger partial charge in [0.1, 0.15) is 5.75 Å². The summed E-state index contributed by atoms with van der Waals surface area (Å²) in [5.74, 6) is -0.571. The molecule has 0 fully saturated rings. The van der Waals surface area contributed by atoms with Crippen LogP contribution in [0.5, 0.6) is 5.75 Å². The van der Waals surface area contributed by atoms with Crippen molar-refractivity contribution >= 4 is 17.5 Å². The summed E-state index contributed by atoms with van der Waals surface area (Å²) in [6, 6.07) is 5.52. The van der Waals surface area contributed by atoms with Crippen molar-refractivity contribution in [3.8, 4) is 5.75 Å². The largest absolute Gasteiger partial charge is 0.435 e. The number of likely N-dealkylation sites (N-methyl/N-ethyl adjacent to an activating group) is 1. The fraction of sp³-hybridized carbons (Fsp3) is 0.333. The third kappa shape index (κ3) is 6.10. The molecule has 3 N–H and O–H groups in total. The lowest BCUT2D eigenvalue weighted by molar-refractivity contribution is -0.120. The zero-order chi connectivity index (χ0) is 15.0. The van der Waals surface area contributed by atoms with Crippen LogP contribution in [0.1, 0.15) is 0 Å². The van der Waals surface area contributed by atoms with Gasteiger partial charge >= 0.3 is 6.61 Å². The molecule has 0 atom stereocenters. The van der Waals surface area contributed by atoms with Crippen LogP contribution in [0.25, 0.3) is 0 Å². The number of amides is 2. The van der Waals surface area contributed by atoms with E-state index in [-0.39, 0.29) is 30.7 Å². The fourth-order valence-electron chi connectivity index (χ4n) is 1.30. The van der Waals surface area contributed by atoms with Crippen molar-refractivity contribution < 1.29 is 23.1 Å². The number of alkyl halides is 2. The molecule has 1 aromatic rings. The Morgan fingerprint density at radius 3 is 2.30 bits per heavy atom. The summed E-state index contributed by atoms with van der Waals surface area (Å²) in [7, 11) is 1.49. The summed E-state index contributed by atoms with van der Waals surface area (Å²) < 4.78 is 28.0. The third-order valence-electron chi connectivity index (χ3n) is 2.21. The molecule has 0 saturated carbocycles. The second kappa shape index (κ2) is 8.05. The highest BCUT2D eigenvalue weighted by molar-refractivity contribution is 5.92. The van der Waals surface area contributed by atoms with Gasteiger partial charge in [-0.05, 0) is 24.3 Å². The molecule has 0 aliphatic rings. The highest BCUT2D eigenvalue weighted by Gasteiger charge is 2.06. The molecule has 8 heteroatoms. The molecule has 0 heterocycles. The van der Waals surface area contributed by atoms with Crippen LogP contribution < -0.4 is 20.7 Å². The van der Waals surface area contributed by atoms with Gasteiger partial charge in [0.05, 0.1) is 13.1 Å². The van der Waals surface area contributed by atoms with Gasteiger partial charge in [0, 0.05) is 12.7 Å². The second-order valence-corrected chi connectivity index (χ2v) is 3.73. The molecule has 0 unspecified atom stereocenters. The van der Waals surface area contributed by atoms with Gasteiger partial charge in [0.2, 0.25) is 11.8 Å². The molecule has 0 aliphatic heterocycles. The van der Waals surface area contributed by atoms with Crippen molar-refractivity contribution in [3.63, 3.8) is 0 Å². The van der Waals surface area contributed by atoms with Crippen LogP contribution in [0.15, 0.2) is 24.3 Å². The van der Waals surface area contributed by atoms with E-state index in [0.29, 0.717) is 5.69 Å². The Balaban J connectivity index is 2.36. The van der Waals surface area contributed by atoms with E-state index in [1.807, 2.05) is 0 Å². The number of carbonyl (C=O) groups excluding carboxylic acids is 2. The minimum Gasteiger partial charge on any atom is -0.435 e. The zero-order valence-corrected chi connectivity index (χ0v) is 10.8. The highest BCUT2D eigenvalue weighted by Crippen LogP contribution is 2.17. The lowest BCUT2D eigenvalue weighted by Gasteiger charge is -2.08. The molecule has 20 heavy (non-hydrogen) atoms. The molecule has 2 amide bonds. The van der Waals surface area contributed by atoms with E-state index in [2.05, 4.69) is 20.7 Å². The Labute approximate surface area is 114 Å². The predicted molar refractivity (Wildman–Crippen MR) is 68.6 cm³/mol. The normalized spacial score (nSPS) is 10.2. The number of anilines is 1. The summed E-state index contributed by atoms with van der Waals surface area (Å²) in [6.07, 6.45) is 0. The number of hydrogen-bond donors (Lipinski definition) is 3. The minimum atomic E-state index is -2.88. The van der Waals surface area contributed by atoms with Crippen molar-refractivity contribution in [2.24, 2.45) is 0 Å². The maximum atomic E-state index is 11.9. The average Bonchev–Trinajstić information content (AvgIpc) is 2.40. The summed E-state index contributed by atoms with van der Waals surface area (Å²) in [4.78, 5) is 22.4. The van der Waals surface area contributed by atoms with E-state index in [1.165, 1.54) is 31.3 Å². The number of benzene rings is 1. The van der Waals surface area contributed by atoms with Gasteiger partial charge in [-0.15, -0.1) is 0 Å².